The number of benzene rings is 1. The molecule has 1 heterocycles. The molecule has 0 saturated heterocycles. The summed E-state index contributed by atoms with van der Waals surface area (Å²) in [5.41, 5.74) is 0.0192. The van der Waals surface area contributed by atoms with Gasteiger partial charge in [0.2, 0.25) is 0 Å². The number of hydrogen-bond donors (Lipinski definition) is 0. The van der Waals surface area contributed by atoms with Crippen LogP contribution in [-0.4, -0.2) is 23.8 Å². The van der Waals surface area contributed by atoms with Gasteiger partial charge in [-0.15, -0.1) is 0 Å². The summed E-state index contributed by atoms with van der Waals surface area (Å²) in [4.78, 5) is 22.5. The van der Waals surface area contributed by atoms with E-state index < -0.39 is 41.3 Å². The number of carbonyl (C=O) groups excluding carboxylic acids is 1. The number of alkyl halides is 2. The Morgan fingerprint density at radius 2 is 1.86 bits per heavy atom. The smallest absolute Gasteiger partial charge is 0.395 e. The van der Waals surface area contributed by atoms with Gasteiger partial charge in [-0.3, -0.25) is 19.8 Å². The number of nitrogens with zero attached hydrogens (tertiary/aromatic N) is 2. The van der Waals surface area contributed by atoms with E-state index >= 15 is 0 Å². The average molecular weight is 314 g/mol. The summed E-state index contributed by atoms with van der Waals surface area (Å²) in [6.07, 6.45) is -2.85. The quantitative estimate of drug-likeness (QED) is 0.627. The number of hydrogen-bond acceptors (Lipinski definition) is 4. The Labute approximate surface area is 121 Å². The molecule has 1 aromatic heterocycles. The summed E-state index contributed by atoms with van der Waals surface area (Å²) in [7, 11) is 0. The van der Waals surface area contributed by atoms with Crippen LogP contribution in [0.25, 0.3) is 0 Å². The molecule has 0 spiro atoms. The normalized spacial score (nSPS) is 10.7. The summed E-state index contributed by atoms with van der Waals surface area (Å²) >= 11 is 0. The molecular weight excluding hydrogens is 305 g/mol. The van der Waals surface area contributed by atoms with Gasteiger partial charge in [0.1, 0.15) is 10.7 Å². The van der Waals surface area contributed by atoms with Crippen molar-refractivity contribution in [2.24, 2.45) is 0 Å². The van der Waals surface area contributed by atoms with E-state index in [4.69, 9.17) is 4.42 Å². The first-order valence-electron chi connectivity index (χ1n) is 5.98. The van der Waals surface area contributed by atoms with Crippen molar-refractivity contribution in [1.82, 2.24) is 0 Å². The van der Waals surface area contributed by atoms with Crippen LogP contribution in [0.2, 0.25) is 0 Å². The highest BCUT2D eigenvalue weighted by Crippen LogP contribution is 2.22. The van der Waals surface area contributed by atoms with Crippen LogP contribution in [0.1, 0.15) is 10.6 Å². The van der Waals surface area contributed by atoms with Crippen LogP contribution in [0.4, 0.5) is 24.7 Å². The summed E-state index contributed by atoms with van der Waals surface area (Å²) < 4.78 is 42.9. The topological polar surface area (TPSA) is 76.6 Å². The first kappa shape index (κ1) is 15.5. The van der Waals surface area contributed by atoms with Crippen LogP contribution in [0.5, 0.6) is 0 Å². The first-order valence-corrected chi connectivity index (χ1v) is 5.98. The SMILES string of the molecule is O=C(c1ccc([N+](=O)[O-])o1)N(CC(F)F)c1ccc(F)cc1. The lowest BCUT2D eigenvalue weighted by atomic mass is 10.2. The predicted molar refractivity (Wildman–Crippen MR) is 69.4 cm³/mol. The van der Waals surface area contributed by atoms with Crippen LogP contribution in [0.3, 0.4) is 0 Å². The summed E-state index contributed by atoms with van der Waals surface area (Å²) in [6.45, 7) is -0.959. The Morgan fingerprint density at radius 3 is 2.36 bits per heavy atom. The number of carbonyl (C=O) groups is 1. The van der Waals surface area contributed by atoms with Gasteiger partial charge in [-0.05, 0) is 30.3 Å². The molecule has 9 heteroatoms. The van der Waals surface area contributed by atoms with Gasteiger partial charge in [0, 0.05) is 5.69 Å². The highest BCUT2D eigenvalue weighted by molar-refractivity contribution is 6.04. The fraction of sp³-hybridized carbons (Fsp3) is 0.154. The third kappa shape index (κ3) is 3.43. The maximum absolute atomic E-state index is 12.9. The Hall–Kier alpha value is -2.84. The fourth-order valence-electron chi connectivity index (χ4n) is 1.74. The molecule has 1 amide bonds. The molecule has 0 saturated carbocycles. The van der Waals surface area contributed by atoms with E-state index in [-0.39, 0.29) is 5.69 Å². The van der Waals surface area contributed by atoms with E-state index in [0.29, 0.717) is 4.90 Å². The lowest BCUT2D eigenvalue weighted by Crippen LogP contribution is -2.35. The van der Waals surface area contributed by atoms with Crippen molar-refractivity contribution < 1.29 is 27.3 Å². The van der Waals surface area contributed by atoms with E-state index in [9.17, 15) is 28.1 Å². The highest BCUT2D eigenvalue weighted by Gasteiger charge is 2.26. The van der Waals surface area contributed by atoms with Gasteiger partial charge in [0.05, 0.1) is 12.6 Å². The summed E-state index contributed by atoms with van der Waals surface area (Å²) in [5, 5.41) is 10.5. The molecule has 0 aliphatic heterocycles. The van der Waals surface area contributed by atoms with Crippen LogP contribution >= 0.6 is 0 Å². The van der Waals surface area contributed by atoms with Crippen LogP contribution in [-0.2, 0) is 0 Å². The number of halogens is 3. The first-order chi connectivity index (χ1) is 10.4. The molecule has 0 bridgehead atoms. The van der Waals surface area contributed by atoms with Gasteiger partial charge in [-0.25, -0.2) is 13.2 Å². The van der Waals surface area contributed by atoms with Gasteiger partial charge in [-0.1, -0.05) is 0 Å². The van der Waals surface area contributed by atoms with Gasteiger partial charge >= 0.3 is 5.88 Å². The van der Waals surface area contributed by atoms with Crippen molar-refractivity contribution >= 4 is 17.5 Å². The predicted octanol–water partition coefficient (Wildman–Crippen LogP) is 3.24. The number of amides is 1. The number of rotatable bonds is 5. The third-order valence-corrected chi connectivity index (χ3v) is 2.69. The Kier molecular flexibility index (Phi) is 4.44. The number of nitro groups is 1. The van der Waals surface area contributed by atoms with Crippen LogP contribution < -0.4 is 4.90 Å². The average Bonchev–Trinajstić information content (AvgIpc) is 2.95. The molecule has 0 atom stereocenters. The molecule has 0 aliphatic carbocycles. The molecule has 116 valence electrons. The molecule has 1 aromatic carbocycles. The monoisotopic (exact) mass is 314 g/mol. The van der Waals surface area contributed by atoms with Crippen molar-refractivity contribution in [3.05, 3.63) is 58.1 Å². The van der Waals surface area contributed by atoms with Gasteiger partial charge < -0.3 is 4.42 Å². The molecule has 0 aliphatic rings. The molecule has 22 heavy (non-hydrogen) atoms. The second kappa shape index (κ2) is 6.29. The highest BCUT2D eigenvalue weighted by atomic mass is 19.3. The van der Waals surface area contributed by atoms with Gasteiger partial charge in [0.15, 0.2) is 5.76 Å². The van der Waals surface area contributed by atoms with E-state index in [0.717, 1.165) is 36.4 Å². The second-order valence-electron chi connectivity index (χ2n) is 4.18. The molecular formula is C13H9F3N2O4. The molecule has 0 unspecified atom stereocenters. The second-order valence-corrected chi connectivity index (χ2v) is 4.18. The maximum atomic E-state index is 12.9. The van der Waals surface area contributed by atoms with Crippen molar-refractivity contribution in [2.75, 3.05) is 11.4 Å². The molecule has 2 aromatic rings. The number of furan rings is 1. The van der Waals surface area contributed by atoms with Crippen LogP contribution in [0, 0.1) is 15.9 Å². The van der Waals surface area contributed by atoms with Crippen LogP contribution in [0.15, 0.2) is 40.8 Å². The number of anilines is 1. The largest absolute Gasteiger partial charge is 0.433 e. The standard InChI is InChI=1S/C13H9F3N2O4/c14-8-1-3-9(4-2-8)17(7-11(15)16)13(19)10-5-6-12(22-10)18(20)21/h1-6,11H,7H2. The third-order valence-electron chi connectivity index (χ3n) is 2.69. The van der Waals surface area contributed by atoms with Crippen molar-refractivity contribution in [1.29, 1.82) is 0 Å². The summed E-state index contributed by atoms with van der Waals surface area (Å²) in [5.74, 6) is -2.72. The Balaban J connectivity index is 2.33. The zero-order valence-corrected chi connectivity index (χ0v) is 10.9. The van der Waals surface area contributed by atoms with E-state index in [1.54, 1.807) is 0 Å². The molecule has 0 fully saturated rings. The maximum Gasteiger partial charge on any atom is 0.433 e. The Bertz CT molecular complexity index is 685. The van der Waals surface area contributed by atoms with Crippen molar-refractivity contribution in [2.45, 2.75) is 6.43 Å². The van der Waals surface area contributed by atoms with E-state index in [2.05, 4.69) is 0 Å². The lowest BCUT2D eigenvalue weighted by Gasteiger charge is -2.21. The minimum atomic E-state index is -2.85. The van der Waals surface area contributed by atoms with E-state index in [1.807, 2.05) is 0 Å². The molecule has 2 rings (SSSR count). The minimum absolute atomic E-state index is 0.0192. The summed E-state index contributed by atoms with van der Waals surface area (Å²) in [6, 6.07) is 6.26. The molecule has 0 N–H and O–H groups in total. The molecule has 0 radical (unpaired) electrons. The fourth-order valence-corrected chi connectivity index (χ4v) is 1.74. The Morgan fingerprint density at radius 1 is 1.23 bits per heavy atom. The lowest BCUT2D eigenvalue weighted by molar-refractivity contribution is -0.402. The van der Waals surface area contributed by atoms with Crippen molar-refractivity contribution in [3.8, 4) is 0 Å². The molecule has 6 nitrogen and oxygen atoms in total. The van der Waals surface area contributed by atoms with E-state index in [1.165, 1.54) is 0 Å². The van der Waals surface area contributed by atoms with Gasteiger partial charge in [0.25, 0.3) is 12.3 Å². The van der Waals surface area contributed by atoms with Gasteiger partial charge in [-0.2, -0.15) is 0 Å². The zero-order valence-electron chi connectivity index (χ0n) is 10.9. The minimum Gasteiger partial charge on any atom is -0.395 e. The van der Waals surface area contributed by atoms with Crippen molar-refractivity contribution in [3.63, 3.8) is 0 Å². The zero-order chi connectivity index (χ0) is 16.3.